The summed E-state index contributed by atoms with van der Waals surface area (Å²) in [5.41, 5.74) is 2.71. The third kappa shape index (κ3) is 5.65. The van der Waals surface area contributed by atoms with E-state index in [2.05, 4.69) is 65.1 Å². The Morgan fingerprint density at radius 1 is 1.21 bits per heavy atom. The molecule has 19 heavy (non-hydrogen) atoms. The number of rotatable bonds is 6. The molecule has 0 amide bonds. The summed E-state index contributed by atoms with van der Waals surface area (Å²) < 4.78 is 5.96. The monoisotopic (exact) mass is 263 g/mol. The van der Waals surface area contributed by atoms with E-state index in [9.17, 15) is 0 Å². The molecule has 0 saturated heterocycles. The molecule has 1 N–H and O–H groups in total. The van der Waals surface area contributed by atoms with Crippen LogP contribution in [0.25, 0.3) is 0 Å². The summed E-state index contributed by atoms with van der Waals surface area (Å²) in [6.45, 7) is 14.9. The molecule has 1 rings (SSSR count). The fraction of sp³-hybridized carbons (Fsp3) is 0.647. The minimum atomic E-state index is 0.123. The maximum Gasteiger partial charge on any atom is 0.123 e. The van der Waals surface area contributed by atoms with E-state index in [0.29, 0.717) is 6.04 Å². The third-order valence-corrected chi connectivity index (χ3v) is 3.07. The molecule has 108 valence electrons. The van der Waals surface area contributed by atoms with Crippen molar-refractivity contribution in [1.29, 1.82) is 0 Å². The first kappa shape index (κ1) is 16.0. The van der Waals surface area contributed by atoms with Crippen molar-refractivity contribution in [2.45, 2.75) is 59.4 Å². The van der Waals surface area contributed by atoms with Crippen LogP contribution in [0.15, 0.2) is 18.2 Å². The SMILES string of the molecule is Cc1ccc(OCCCNC(C)C)c(C(C)(C)C)c1. The van der Waals surface area contributed by atoms with E-state index in [-0.39, 0.29) is 5.41 Å². The summed E-state index contributed by atoms with van der Waals surface area (Å²) in [4.78, 5) is 0. The molecule has 0 atom stereocenters. The standard InChI is InChI=1S/C17H29NO/c1-13(2)18-10-7-11-19-16-9-8-14(3)12-15(16)17(4,5)6/h8-9,12-13,18H,7,10-11H2,1-6H3. The molecule has 0 radical (unpaired) electrons. The van der Waals surface area contributed by atoms with Crippen molar-refractivity contribution in [2.75, 3.05) is 13.2 Å². The summed E-state index contributed by atoms with van der Waals surface area (Å²) in [6.07, 6.45) is 1.04. The van der Waals surface area contributed by atoms with Gasteiger partial charge in [0.2, 0.25) is 0 Å². The lowest BCUT2D eigenvalue weighted by Gasteiger charge is -2.23. The third-order valence-electron chi connectivity index (χ3n) is 3.07. The van der Waals surface area contributed by atoms with Gasteiger partial charge in [-0.15, -0.1) is 0 Å². The second-order valence-corrected chi connectivity index (χ2v) is 6.56. The van der Waals surface area contributed by atoms with Gasteiger partial charge in [-0.25, -0.2) is 0 Å². The first-order valence-corrected chi connectivity index (χ1v) is 7.28. The van der Waals surface area contributed by atoms with Crippen molar-refractivity contribution in [3.8, 4) is 5.75 Å². The van der Waals surface area contributed by atoms with Crippen LogP contribution in [0.4, 0.5) is 0 Å². The average Bonchev–Trinajstić information content (AvgIpc) is 2.28. The van der Waals surface area contributed by atoms with Crippen LogP contribution in [-0.2, 0) is 5.41 Å². The molecule has 0 aliphatic heterocycles. The molecule has 1 aromatic carbocycles. The molecule has 0 aliphatic rings. The maximum absolute atomic E-state index is 5.96. The molecule has 0 bridgehead atoms. The van der Waals surface area contributed by atoms with Gasteiger partial charge in [-0.2, -0.15) is 0 Å². The van der Waals surface area contributed by atoms with Gasteiger partial charge in [0.05, 0.1) is 6.61 Å². The van der Waals surface area contributed by atoms with Crippen LogP contribution in [0.5, 0.6) is 5.75 Å². The van der Waals surface area contributed by atoms with Crippen molar-refractivity contribution < 1.29 is 4.74 Å². The van der Waals surface area contributed by atoms with Crippen LogP contribution in [0.3, 0.4) is 0 Å². The number of nitrogens with one attached hydrogen (secondary N) is 1. The van der Waals surface area contributed by atoms with Gasteiger partial charge in [-0.05, 0) is 36.9 Å². The summed E-state index contributed by atoms with van der Waals surface area (Å²) in [7, 11) is 0. The second-order valence-electron chi connectivity index (χ2n) is 6.56. The van der Waals surface area contributed by atoms with Crippen LogP contribution in [0.1, 0.15) is 52.2 Å². The van der Waals surface area contributed by atoms with Crippen molar-refractivity contribution in [1.82, 2.24) is 5.32 Å². The summed E-state index contributed by atoms with van der Waals surface area (Å²) >= 11 is 0. The van der Waals surface area contributed by atoms with Gasteiger partial charge in [-0.1, -0.05) is 52.3 Å². The molecule has 0 fully saturated rings. The quantitative estimate of drug-likeness (QED) is 0.782. The first-order chi connectivity index (χ1) is 8.80. The van der Waals surface area contributed by atoms with E-state index in [1.165, 1.54) is 11.1 Å². The Bertz CT molecular complexity index is 391. The van der Waals surface area contributed by atoms with Gasteiger partial charge in [0.25, 0.3) is 0 Å². The molecule has 2 nitrogen and oxygen atoms in total. The molecule has 0 heterocycles. The topological polar surface area (TPSA) is 21.3 Å². The number of hydrogen-bond donors (Lipinski definition) is 1. The molecule has 2 heteroatoms. The second kappa shape index (κ2) is 6.95. The van der Waals surface area contributed by atoms with Crippen LogP contribution in [-0.4, -0.2) is 19.2 Å². The van der Waals surface area contributed by atoms with E-state index in [1.807, 2.05) is 0 Å². The highest BCUT2D eigenvalue weighted by molar-refractivity contribution is 5.41. The summed E-state index contributed by atoms with van der Waals surface area (Å²) in [6, 6.07) is 7.01. The van der Waals surface area contributed by atoms with E-state index in [1.54, 1.807) is 0 Å². The highest BCUT2D eigenvalue weighted by Crippen LogP contribution is 2.32. The van der Waals surface area contributed by atoms with Crippen LogP contribution >= 0.6 is 0 Å². The Morgan fingerprint density at radius 2 is 1.89 bits per heavy atom. The Labute approximate surface area is 118 Å². The molecule has 0 aromatic heterocycles. The number of hydrogen-bond acceptors (Lipinski definition) is 2. The van der Waals surface area contributed by atoms with E-state index in [0.717, 1.165) is 25.3 Å². The molecule has 0 spiro atoms. The van der Waals surface area contributed by atoms with Gasteiger partial charge in [-0.3, -0.25) is 0 Å². The summed E-state index contributed by atoms with van der Waals surface area (Å²) in [5, 5.41) is 3.41. The van der Waals surface area contributed by atoms with Crippen molar-refractivity contribution >= 4 is 0 Å². The Kier molecular flexibility index (Phi) is 5.86. The predicted octanol–water partition coefficient (Wildman–Crippen LogP) is 4.06. The molecule has 0 unspecified atom stereocenters. The van der Waals surface area contributed by atoms with Crippen molar-refractivity contribution in [2.24, 2.45) is 0 Å². The Morgan fingerprint density at radius 3 is 2.47 bits per heavy atom. The normalized spacial score (nSPS) is 11.9. The van der Waals surface area contributed by atoms with E-state index >= 15 is 0 Å². The highest BCUT2D eigenvalue weighted by Gasteiger charge is 2.18. The fourth-order valence-corrected chi connectivity index (χ4v) is 2.00. The van der Waals surface area contributed by atoms with Gasteiger partial charge in [0.1, 0.15) is 5.75 Å². The molecule has 0 aliphatic carbocycles. The van der Waals surface area contributed by atoms with Gasteiger partial charge >= 0.3 is 0 Å². The lowest BCUT2D eigenvalue weighted by molar-refractivity contribution is 0.298. The first-order valence-electron chi connectivity index (χ1n) is 7.28. The largest absolute Gasteiger partial charge is 0.493 e. The maximum atomic E-state index is 5.96. The molecular weight excluding hydrogens is 234 g/mol. The molecule has 1 aromatic rings. The van der Waals surface area contributed by atoms with Gasteiger partial charge in [0, 0.05) is 6.04 Å². The Balaban J connectivity index is 2.58. The fourth-order valence-electron chi connectivity index (χ4n) is 2.00. The zero-order chi connectivity index (χ0) is 14.5. The highest BCUT2D eigenvalue weighted by atomic mass is 16.5. The number of benzene rings is 1. The van der Waals surface area contributed by atoms with Crippen LogP contribution in [0, 0.1) is 6.92 Å². The van der Waals surface area contributed by atoms with Crippen molar-refractivity contribution in [3.63, 3.8) is 0 Å². The number of ether oxygens (including phenoxy) is 1. The summed E-state index contributed by atoms with van der Waals surface area (Å²) in [5.74, 6) is 1.03. The zero-order valence-electron chi connectivity index (χ0n) is 13.3. The van der Waals surface area contributed by atoms with Gasteiger partial charge < -0.3 is 10.1 Å². The predicted molar refractivity (Wildman–Crippen MR) is 83.1 cm³/mol. The molecule has 0 saturated carbocycles. The lowest BCUT2D eigenvalue weighted by Crippen LogP contribution is -2.25. The Hall–Kier alpha value is -1.02. The minimum Gasteiger partial charge on any atom is -0.493 e. The average molecular weight is 263 g/mol. The smallest absolute Gasteiger partial charge is 0.123 e. The minimum absolute atomic E-state index is 0.123. The van der Waals surface area contributed by atoms with Crippen molar-refractivity contribution in [3.05, 3.63) is 29.3 Å². The number of aryl methyl sites for hydroxylation is 1. The van der Waals surface area contributed by atoms with Crippen LogP contribution < -0.4 is 10.1 Å². The van der Waals surface area contributed by atoms with E-state index in [4.69, 9.17) is 4.74 Å². The molecular formula is C17H29NO. The zero-order valence-corrected chi connectivity index (χ0v) is 13.3. The lowest BCUT2D eigenvalue weighted by atomic mass is 9.85. The van der Waals surface area contributed by atoms with Gasteiger partial charge in [0.15, 0.2) is 0 Å². The van der Waals surface area contributed by atoms with E-state index < -0.39 is 0 Å². The van der Waals surface area contributed by atoms with Crippen LogP contribution in [0.2, 0.25) is 0 Å².